The van der Waals surface area contributed by atoms with Crippen LogP contribution in [0.15, 0.2) is 18.5 Å². The highest BCUT2D eigenvalue weighted by Crippen LogP contribution is 2.14. The Morgan fingerprint density at radius 3 is 2.57 bits per heavy atom. The van der Waals surface area contributed by atoms with Crippen LogP contribution in [0.4, 0.5) is 0 Å². The maximum atomic E-state index is 9.20. The van der Waals surface area contributed by atoms with Gasteiger partial charge >= 0.3 is 0 Å². The molecule has 1 aromatic heterocycles. The summed E-state index contributed by atoms with van der Waals surface area (Å²) in [7, 11) is 4.05. The molecule has 1 N–H and O–H groups in total. The third-order valence-corrected chi connectivity index (χ3v) is 2.73. The lowest BCUT2D eigenvalue weighted by molar-refractivity contribution is 0.0734. The molecule has 3 nitrogen and oxygen atoms in total. The number of aryl methyl sites for hydroxylation is 1. The van der Waals surface area contributed by atoms with Gasteiger partial charge in [0.05, 0.1) is 6.61 Å². The smallest absolute Gasteiger partial charge is 0.0610 e. The van der Waals surface area contributed by atoms with Crippen molar-refractivity contribution < 1.29 is 5.11 Å². The molecule has 0 bridgehead atoms. The minimum absolute atomic E-state index is 0.157. The van der Waals surface area contributed by atoms with E-state index in [1.54, 1.807) is 0 Å². The summed E-state index contributed by atoms with van der Waals surface area (Å²) in [6.45, 7) is 5.12. The van der Waals surface area contributed by atoms with Crippen molar-refractivity contribution in [2.24, 2.45) is 7.05 Å². The van der Waals surface area contributed by atoms with E-state index in [-0.39, 0.29) is 12.1 Å². The van der Waals surface area contributed by atoms with Crippen LogP contribution in [0.25, 0.3) is 0 Å². The third kappa shape index (κ3) is 2.59. The van der Waals surface area contributed by atoms with Crippen LogP contribution in [0.5, 0.6) is 0 Å². The Bertz CT molecular complexity index is 291. The summed E-state index contributed by atoms with van der Waals surface area (Å²) in [6.07, 6.45) is 4.14. The summed E-state index contributed by atoms with van der Waals surface area (Å²) in [5.74, 6) is 0. The van der Waals surface area contributed by atoms with Gasteiger partial charge in [-0.1, -0.05) is 0 Å². The molecule has 0 saturated heterocycles. The number of aliphatic hydroxyl groups excluding tert-OH is 1. The molecular formula is C11H20N2O. The summed E-state index contributed by atoms with van der Waals surface area (Å²) in [6, 6.07) is 2.10. The van der Waals surface area contributed by atoms with E-state index in [2.05, 4.69) is 17.2 Å². The SMILES string of the molecule is CN(Cc1ccn(C)c1)C(C)(C)CO. The molecule has 14 heavy (non-hydrogen) atoms. The lowest BCUT2D eigenvalue weighted by Gasteiger charge is -2.33. The third-order valence-electron chi connectivity index (χ3n) is 2.73. The van der Waals surface area contributed by atoms with Crippen LogP contribution in [0.2, 0.25) is 0 Å². The first kappa shape index (κ1) is 11.3. The van der Waals surface area contributed by atoms with Gasteiger partial charge in [-0.05, 0) is 32.5 Å². The van der Waals surface area contributed by atoms with Gasteiger partial charge in [-0.3, -0.25) is 4.90 Å². The van der Waals surface area contributed by atoms with Gasteiger partial charge in [-0.2, -0.15) is 0 Å². The summed E-state index contributed by atoms with van der Waals surface area (Å²) in [5, 5.41) is 9.20. The topological polar surface area (TPSA) is 28.4 Å². The zero-order valence-corrected chi connectivity index (χ0v) is 9.49. The number of rotatable bonds is 4. The quantitative estimate of drug-likeness (QED) is 0.784. The van der Waals surface area contributed by atoms with Crippen LogP contribution >= 0.6 is 0 Å². The van der Waals surface area contributed by atoms with Crippen molar-refractivity contribution in [3.8, 4) is 0 Å². The molecular weight excluding hydrogens is 176 g/mol. The fraction of sp³-hybridized carbons (Fsp3) is 0.636. The molecule has 1 aromatic rings. The van der Waals surface area contributed by atoms with Gasteiger partial charge in [-0.15, -0.1) is 0 Å². The number of hydrogen-bond donors (Lipinski definition) is 1. The van der Waals surface area contributed by atoms with E-state index in [1.165, 1.54) is 5.56 Å². The first-order valence-electron chi connectivity index (χ1n) is 4.88. The van der Waals surface area contributed by atoms with E-state index in [4.69, 9.17) is 0 Å². The molecule has 0 saturated carbocycles. The summed E-state index contributed by atoms with van der Waals surface area (Å²) >= 11 is 0. The van der Waals surface area contributed by atoms with Gasteiger partial charge in [0, 0.05) is 31.5 Å². The molecule has 0 unspecified atom stereocenters. The Labute approximate surface area is 86.0 Å². The van der Waals surface area contributed by atoms with Crippen LogP contribution in [-0.4, -0.2) is 33.8 Å². The highest BCUT2D eigenvalue weighted by atomic mass is 16.3. The number of aliphatic hydroxyl groups is 1. The Balaban J connectivity index is 2.61. The molecule has 0 aliphatic carbocycles. The monoisotopic (exact) mass is 196 g/mol. The number of likely N-dealkylation sites (N-methyl/N-ethyl adjacent to an activating group) is 1. The molecule has 0 spiro atoms. The molecule has 80 valence electrons. The summed E-state index contributed by atoms with van der Waals surface area (Å²) in [5.41, 5.74) is 1.12. The lowest BCUT2D eigenvalue weighted by atomic mass is 10.0. The Kier molecular flexibility index (Phi) is 3.34. The Hall–Kier alpha value is -0.800. The lowest BCUT2D eigenvalue weighted by Crippen LogP contribution is -2.43. The second kappa shape index (κ2) is 4.15. The summed E-state index contributed by atoms with van der Waals surface area (Å²) in [4.78, 5) is 2.16. The molecule has 3 heteroatoms. The number of aromatic nitrogens is 1. The molecule has 0 radical (unpaired) electrons. The molecule has 0 aromatic carbocycles. The maximum absolute atomic E-state index is 9.20. The molecule has 0 aliphatic rings. The van der Waals surface area contributed by atoms with Gasteiger partial charge in [0.15, 0.2) is 0 Å². The second-order valence-electron chi connectivity index (χ2n) is 4.51. The molecule has 0 aliphatic heterocycles. The molecule has 0 amide bonds. The van der Waals surface area contributed by atoms with Gasteiger partial charge in [0.25, 0.3) is 0 Å². The van der Waals surface area contributed by atoms with Gasteiger partial charge in [0.1, 0.15) is 0 Å². The second-order valence-corrected chi connectivity index (χ2v) is 4.51. The largest absolute Gasteiger partial charge is 0.394 e. The zero-order chi connectivity index (χ0) is 10.8. The van der Waals surface area contributed by atoms with Crippen LogP contribution < -0.4 is 0 Å². The van der Waals surface area contributed by atoms with Crippen LogP contribution in [0.1, 0.15) is 19.4 Å². The minimum Gasteiger partial charge on any atom is -0.394 e. The van der Waals surface area contributed by atoms with E-state index < -0.39 is 0 Å². The molecule has 0 fully saturated rings. The molecule has 0 atom stereocenters. The fourth-order valence-electron chi connectivity index (χ4n) is 1.26. The maximum Gasteiger partial charge on any atom is 0.0610 e. The van der Waals surface area contributed by atoms with E-state index in [0.29, 0.717) is 0 Å². The minimum atomic E-state index is -0.157. The number of nitrogens with zero attached hydrogens (tertiary/aromatic N) is 2. The van der Waals surface area contributed by atoms with Gasteiger partial charge in [0.2, 0.25) is 0 Å². The first-order chi connectivity index (χ1) is 6.45. The van der Waals surface area contributed by atoms with Gasteiger partial charge in [-0.25, -0.2) is 0 Å². The Morgan fingerprint density at radius 2 is 2.14 bits per heavy atom. The van der Waals surface area contributed by atoms with Crippen molar-refractivity contribution in [3.05, 3.63) is 24.0 Å². The average molecular weight is 196 g/mol. The van der Waals surface area contributed by atoms with Gasteiger partial charge < -0.3 is 9.67 Å². The highest BCUT2D eigenvalue weighted by Gasteiger charge is 2.22. The van der Waals surface area contributed by atoms with E-state index in [1.807, 2.05) is 38.7 Å². The van der Waals surface area contributed by atoms with Crippen LogP contribution in [-0.2, 0) is 13.6 Å². The van der Waals surface area contributed by atoms with E-state index >= 15 is 0 Å². The van der Waals surface area contributed by atoms with Crippen molar-refractivity contribution in [3.63, 3.8) is 0 Å². The van der Waals surface area contributed by atoms with Crippen LogP contribution in [0.3, 0.4) is 0 Å². The summed E-state index contributed by atoms with van der Waals surface area (Å²) < 4.78 is 2.04. The molecule has 1 rings (SSSR count). The first-order valence-corrected chi connectivity index (χ1v) is 4.88. The average Bonchev–Trinajstić information content (AvgIpc) is 2.51. The van der Waals surface area contributed by atoms with Crippen molar-refractivity contribution in [1.29, 1.82) is 0 Å². The standard InChI is InChI=1S/C11H20N2O/c1-11(2,9-14)13(4)8-10-5-6-12(3)7-10/h5-7,14H,8-9H2,1-4H3. The van der Waals surface area contributed by atoms with Crippen molar-refractivity contribution in [2.45, 2.75) is 25.9 Å². The number of hydrogen-bond acceptors (Lipinski definition) is 2. The van der Waals surface area contributed by atoms with E-state index in [0.717, 1.165) is 6.54 Å². The fourth-order valence-corrected chi connectivity index (χ4v) is 1.26. The van der Waals surface area contributed by atoms with Crippen LogP contribution in [0, 0.1) is 0 Å². The highest BCUT2D eigenvalue weighted by molar-refractivity contribution is 5.10. The predicted molar refractivity (Wildman–Crippen MR) is 58.0 cm³/mol. The predicted octanol–water partition coefficient (Wildman–Crippen LogP) is 1.23. The Morgan fingerprint density at radius 1 is 1.50 bits per heavy atom. The van der Waals surface area contributed by atoms with E-state index in [9.17, 15) is 5.11 Å². The van der Waals surface area contributed by atoms with Crippen molar-refractivity contribution in [2.75, 3.05) is 13.7 Å². The van der Waals surface area contributed by atoms with Crippen molar-refractivity contribution in [1.82, 2.24) is 9.47 Å². The normalized spacial score (nSPS) is 12.4. The van der Waals surface area contributed by atoms with Crippen molar-refractivity contribution >= 4 is 0 Å². The molecule has 1 heterocycles. The zero-order valence-electron chi connectivity index (χ0n) is 9.49.